The van der Waals surface area contributed by atoms with Crippen LogP contribution in [0.2, 0.25) is 5.02 Å². The maximum Gasteiger partial charge on any atom is 0.255 e. The van der Waals surface area contributed by atoms with Crippen LogP contribution < -0.4 is 15.4 Å². The number of anilines is 2. The number of hydrogen-bond donors (Lipinski definition) is 2. The zero-order valence-corrected chi connectivity index (χ0v) is 21.0. The fraction of sp³-hybridized carbons (Fsp3) is 0.179. The molecule has 2 heterocycles. The van der Waals surface area contributed by atoms with Gasteiger partial charge >= 0.3 is 0 Å². The van der Waals surface area contributed by atoms with Crippen molar-refractivity contribution in [3.8, 4) is 5.75 Å². The lowest BCUT2D eigenvalue weighted by Gasteiger charge is -2.30. The van der Waals surface area contributed by atoms with Crippen molar-refractivity contribution in [2.75, 3.05) is 10.6 Å². The Hall–Kier alpha value is -4.10. The van der Waals surface area contributed by atoms with Gasteiger partial charge in [-0.05, 0) is 44.5 Å². The number of carbonyl (C=O) groups excluding carboxylic acids is 1. The van der Waals surface area contributed by atoms with E-state index >= 15 is 0 Å². The van der Waals surface area contributed by atoms with E-state index in [4.69, 9.17) is 16.3 Å². The summed E-state index contributed by atoms with van der Waals surface area (Å²) in [5, 5.41) is 11.4. The second-order valence-electron chi connectivity index (χ2n) is 8.78. The third kappa shape index (κ3) is 4.57. The SMILES string of the molecule is CC1=C(C(=O)Nc2ccc(C)cc2C)[C@H](c2ccccc2OCc2ccccc2Cl)n2ncnc2N1. The molecule has 0 spiro atoms. The molecule has 7 nitrogen and oxygen atoms in total. The Balaban J connectivity index is 1.53. The van der Waals surface area contributed by atoms with E-state index in [1.54, 1.807) is 4.68 Å². The van der Waals surface area contributed by atoms with Crippen LogP contribution in [0.5, 0.6) is 5.75 Å². The normalized spacial score (nSPS) is 14.7. The Morgan fingerprint density at radius 3 is 2.67 bits per heavy atom. The lowest BCUT2D eigenvalue weighted by molar-refractivity contribution is -0.113. The molecule has 4 aromatic rings. The molecule has 1 atom stereocenters. The molecule has 1 amide bonds. The van der Waals surface area contributed by atoms with Crippen LogP contribution >= 0.6 is 11.6 Å². The van der Waals surface area contributed by atoms with Crippen LogP contribution in [0.25, 0.3) is 0 Å². The molecule has 1 aliphatic heterocycles. The highest BCUT2D eigenvalue weighted by Gasteiger charge is 2.35. The van der Waals surface area contributed by atoms with Crippen LogP contribution in [0.1, 0.15) is 35.2 Å². The minimum absolute atomic E-state index is 0.223. The van der Waals surface area contributed by atoms with Crippen LogP contribution in [0.4, 0.5) is 11.6 Å². The van der Waals surface area contributed by atoms with E-state index in [-0.39, 0.29) is 5.91 Å². The Labute approximate surface area is 214 Å². The van der Waals surface area contributed by atoms with Gasteiger partial charge in [0.25, 0.3) is 5.91 Å². The van der Waals surface area contributed by atoms with Gasteiger partial charge in [-0.15, -0.1) is 0 Å². The molecule has 0 radical (unpaired) electrons. The maximum atomic E-state index is 13.7. The van der Waals surface area contributed by atoms with E-state index in [1.807, 2.05) is 87.5 Å². The van der Waals surface area contributed by atoms with Crippen molar-refractivity contribution in [1.29, 1.82) is 0 Å². The number of carbonyl (C=O) groups is 1. The zero-order chi connectivity index (χ0) is 25.2. The number of allylic oxidation sites excluding steroid dienone is 1. The summed E-state index contributed by atoms with van der Waals surface area (Å²) in [5.41, 5.74) is 5.78. The van der Waals surface area contributed by atoms with Gasteiger partial charge in [0, 0.05) is 27.5 Å². The second kappa shape index (κ2) is 9.87. The van der Waals surface area contributed by atoms with Gasteiger partial charge in [-0.25, -0.2) is 4.68 Å². The van der Waals surface area contributed by atoms with E-state index < -0.39 is 6.04 Å². The van der Waals surface area contributed by atoms with E-state index in [0.29, 0.717) is 34.6 Å². The molecule has 182 valence electrons. The van der Waals surface area contributed by atoms with Crippen LogP contribution in [-0.2, 0) is 11.4 Å². The average molecular weight is 500 g/mol. The Morgan fingerprint density at radius 1 is 1.08 bits per heavy atom. The van der Waals surface area contributed by atoms with E-state index in [2.05, 4.69) is 20.7 Å². The maximum absolute atomic E-state index is 13.7. The molecular weight excluding hydrogens is 474 g/mol. The summed E-state index contributed by atoms with van der Waals surface area (Å²) in [6.07, 6.45) is 1.47. The number of ether oxygens (including phenoxy) is 1. The molecule has 0 saturated carbocycles. The number of aromatic nitrogens is 3. The highest BCUT2D eigenvalue weighted by atomic mass is 35.5. The van der Waals surface area contributed by atoms with E-state index in [1.165, 1.54) is 6.33 Å². The van der Waals surface area contributed by atoms with E-state index in [9.17, 15) is 4.79 Å². The standard InChI is InChI=1S/C28H26ClN5O2/c1-17-12-13-23(18(2)14-17)33-27(35)25-19(3)32-28-30-16-31-34(28)26(25)21-9-5-7-11-24(21)36-15-20-8-4-6-10-22(20)29/h4-14,16,26H,15H2,1-3H3,(H,33,35)(H,30,31,32)/t26-/m0/s1. The smallest absolute Gasteiger partial charge is 0.255 e. The summed E-state index contributed by atoms with van der Waals surface area (Å²) in [5.74, 6) is 0.968. The molecular formula is C28H26ClN5O2. The summed E-state index contributed by atoms with van der Waals surface area (Å²) in [7, 11) is 0. The number of nitrogens with zero attached hydrogens (tertiary/aromatic N) is 3. The van der Waals surface area contributed by atoms with Crippen LogP contribution in [0, 0.1) is 13.8 Å². The summed E-state index contributed by atoms with van der Waals surface area (Å²) in [4.78, 5) is 18.1. The van der Waals surface area contributed by atoms with E-state index in [0.717, 1.165) is 27.9 Å². The number of hydrogen-bond acceptors (Lipinski definition) is 5. The number of rotatable bonds is 6. The van der Waals surface area contributed by atoms with Crippen LogP contribution in [0.3, 0.4) is 0 Å². The quantitative estimate of drug-likeness (QED) is 0.337. The first kappa shape index (κ1) is 23.6. The first-order valence-electron chi connectivity index (χ1n) is 11.6. The van der Waals surface area contributed by atoms with Crippen molar-refractivity contribution in [3.05, 3.63) is 112 Å². The zero-order valence-electron chi connectivity index (χ0n) is 20.2. The molecule has 5 rings (SSSR count). The molecule has 2 N–H and O–H groups in total. The van der Waals surface area contributed by atoms with Gasteiger partial charge in [-0.2, -0.15) is 10.1 Å². The third-order valence-electron chi connectivity index (χ3n) is 6.22. The highest BCUT2D eigenvalue weighted by molar-refractivity contribution is 6.31. The molecule has 3 aromatic carbocycles. The Morgan fingerprint density at radius 2 is 1.86 bits per heavy atom. The Bertz CT molecular complexity index is 1480. The third-order valence-corrected chi connectivity index (χ3v) is 6.59. The van der Waals surface area contributed by atoms with Crippen LogP contribution in [-0.4, -0.2) is 20.7 Å². The largest absolute Gasteiger partial charge is 0.488 e. The van der Waals surface area contributed by atoms with Crippen molar-refractivity contribution in [2.45, 2.75) is 33.4 Å². The summed E-state index contributed by atoms with van der Waals surface area (Å²) >= 11 is 6.34. The first-order valence-corrected chi connectivity index (χ1v) is 12.0. The molecule has 0 unspecified atom stereocenters. The number of fused-ring (bicyclic) bond motifs is 1. The second-order valence-corrected chi connectivity index (χ2v) is 9.19. The number of aryl methyl sites for hydroxylation is 2. The van der Waals surface area contributed by atoms with Crippen molar-refractivity contribution >= 4 is 29.1 Å². The molecule has 0 saturated heterocycles. The monoisotopic (exact) mass is 499 g/mol. The number of amides is 1. The molecule has 36 heavy (non-hydrogen) atoms. The van der Waals surface area contributed by atoms with Crippen molar-refractivity contribution in [2.24, 2.45) is 0 Å². The van der Waals surface area contributed by atoms with Gasteiger partial charge in [-0.3, -0.25) is 4.79 Å². The van der Waals surface area contributed by atoms with Crippen LogP contribution in [0.15, 0.2) is 84.3 Å². The van der Waals surface area contributed by atoms with Gasteiger partial charge in [0.2, 0.25) is 5.95 Å². The highest BCUT2D eigenvalue weighted by Crippen LogP contribution is 2.39. The predicted octanol–water partition coefficient (Wildman–Crippen LogP) is 6.05. The summed E-state index contributed by atoms with van der Waals surface area (Å²) < 4.78 is 7.95. The fourth-order valence-electron chi connectivity index (χ4n) is 4.42. The van der Waals surface area contributed by atoms with Gasteiger partial charge in [0.15, 0.2) is 0 Å². The van der Waals surface area contributed by atoms with Gasteiger partial charge in [0.1, 0.15) is 24.7 Å². The summed E-state index contributed by atoms with van der Waals surface area (Å²) in [6, 6.07) is 20.6. The number of para-hydroxylation sites is 1. The minimum atomic E-state index is -0.544. The molecule has 0 aliphatic carbocycles. The lowest BCUT2D eigenvalue weighted by Crippen LogP contribution is -2.32. The predicted molar refractivity (Wildman–Crippen MR) is 141 cm³/mol. The fourth-order valence-corrected chi connectivity index (χ4v) is 4.62. The topological polar surface area (TPSA) is 81.1 Å². The van der Waals surface area contributed by atoms with Gasteiger partial charge in [0.05, 0.1) is 5.57 Å². The molecule has 8 heteroatoms. The number of nitrogens with one attached hydrogen (secondary N) is 2. The van der Waals surface area contributed by atoms with Crippen molar-refractivity contribution in [1.82, 2.24) is 14.8 Å². The number of benzene rings is 3. The number of halogens is 1. The lowest BCUT2D eigenvalue weighted by atomic mass is 9.94. The minimum Gasteiger partial charge on any atom is -0.488 e. The molecule has 0 fully saturated rings. The molecule has 1 aliphatic rings. The summed E-state index contributed by atoms with van der Waals surface area (Å²) in [6.45, 7) is 6.17. The average Bonchev–Trinajstić information content (AvgIpc) is 3.32. The van der Waals surface area contributed by atoms with Gasteiger partial charge in [-0.1, -0.05) is 65.7 Å². The van der Waals surface area contributed by atoms with Crippen molar-refractivity contribution in [3.63, 3.8) is 0 Å². The molecule has 0 bridgehead atoms. The van der Waals surface area contributed by atoms with Gasteiger partial charge < -0.3 is 15.4 Å². The first-order chi connectivity index (χ1) is 17.4. The molecule has 1 aromatic heterocycles. The van der Waals surface area contributed by atoms with Crippen molar-refractivity contribution < 1.29 is 9.53 Å². The Kier molecular flexibility index (Phi) is 6.48.